The van der Waals surface area contributed by atoms with Crippen molar-refractivity contribution in [3.63, 3.8) is 0 Å². The highest BCUT2D eigenvalue weighted by atomic mass is 16.5. The first kappa shape index (κ1) is 10.9. The summed E-state index contributed by atoms with van der Waals surface area (Å²) in [5.41, 5.74) is 5.48. The number of morpholine rings is 1. The summed E-state index contributed by atoms with van der Waals surface area (Å²) in [5.74, 6) is 0.488. The second kappa shape index (κ2) is 4.52. The molecular formula is C10H16N4O2. The van der Waals surface area contributed by atoms with E-state index in [4.69, 9.17) is 10.5 Å². The van der Waals surface area contributed by atoms with Crippen molar-refractivity contribution >= 4 is 11.7 Å². The van der Waals surface area contributed by atoms with Gasteiger partial charge in [-0.3, -0.25) is 9.48 Å². The normalized spacial score (nSPS) is 21.1. The number of hydrogen-bond donors (Lipinski definition) is 1. The maximum absolute atomic E-state index is 12.0. The van der Waals surface area contributed by atoms with Gasteiger partial charge in [0, 0.05) is 12.7 Å². The summed E-state index contributed by atoms with van der Waals surface area (Å²) in [7, 11) is 0. The lowest BCUT2D eigenvalue weighted by Crippen LogP contribution is -2.48. The van der Waals surface area contributed by atoms with Gasteiger partial charge in [-0.15, -0.1) is 0 Å². The van der Waals surface area contributed by atoms with Gasteiger partial charge in [-0.05, 0) is 13.0 Å². The van der Waals surface area contributed by atoms with E-state index in [1.807, 2.05) is 11.8 Å². The van der Waals surface area contributed by atoms with E-state index in [-0.39, 0.29) is 18.5 Å². The van der Waals surface area contributed by atoms with Crippen molar-refractivity contribution in [1.82, 2.24) is 14.7 Å². The van der Waals surface area contributed by atoms with Gasteiger partial charge in [-0.25, -0.2) is 0 Å². The molecule has 2 rings (SSSR count). The van der Waals surface area contributed by atoms with Crippen molar-refractivity contribution in [3.8, 4) is 0 Å². The number of anilines is 1. The molecule has 2 N–H and O–H groups in total. The number of hydrogen-bond acceptors (Lipinski definition) is 4. The molecule has 1 aliphatic rings. The first-order valence-electron chi connectivity index (χ1n) is 5.33. The van der Waals surface area contributed by atoms with Crippen molar-refractivity contribution in [2.24, 2.45) is 0 Å². The van der Waals surface area contributed by atoms with E-state index in [2.05, 4.69) is 5.10 Å². The minimum Gasteiger partial charge on any atom is -0.382 e. The fourth-order valence-corrected chi connectivity index (χ4v) is 1.79. The van der Waals surface area contributed by atoms with Crippen molar-refractivity contribution in [3.05, 3.63) is 12.3 Å². The van der Waals surface area contributed by atoms with Crippen molar-refractivity contribution in [2.75, 3.05) is 25.5 Å². The number of nitrogens with two attached hydrogens (primary N) is 1. The predicted molar refractivity (Wildman–Crippen MR) is 58.6 cm³/mol. The molecule has 1 atom stereocenters. The average molecular weight is 224 g/mol. The number of amides is 1. The van der Waals surface area contributed by atoms with Gasteiger partial charge in [0.25, 0.3) is 0 Å². The van der Waals surface area contributed by atoms with Gasteiger partial charge < -0.3 is 15.4 Å². The largest absolute Gasteiger partial charge is 0.382 e. The quantitative estimate of drug-likeness (QED) is 0.749. The third-order valence-electron chi connectivity index (χ3n) is 2.65. The molecule has 88 valence electrons. The molecule has 1 saturated heterocycles. The van der Waals surface area contributed by atoms with Crippen LogP contribution >= 0.6 is 0 Å². The lowest BCUT2D eigenvalue weighted by Gasteiger charge is -2.33. The molecule has 1 fully saturated rings. The molecule has 1 aliphatic heterocycles. The van der Waals surface area contributed by atoms with Crippen LogP contribution in [0.15, 0.2) is 12.3 Å². The molecule has 6 nitrogen and oxygen atoms in total. The third-order valence-corrected chi connectivity index (χ3v) is 2.65. The smallest absolute Gasteiger partial charge is 0.244 e. The number of nitrogens with zero attached hydrogens (tertiary/aromatic N) is 3. The Labute approximate surface area is 94.0 Å². The second-order valence-corrected chi connectivity index (χ2v) is 3.95. The van der Waals surface area contributed by atoms with Crippen LogP contribution in [0.5, 0.6) is 0 Å². The minimum absolute atomic E-state index is 0.0545. The van der Waals surface area contributed by atoms with Crippen LogP contribution < -0.4 is 5.73 Å². The summed E-state index contributed by atoms with van der Waals surface area (Å²) in [4.78, 5) is 13.8. The predicted octanol–water partition coefficient (Wildman–Crippen LogP) is -0.287. The highest BCUT2D eigenvalue weighted by molar-refractivity contribution is 5.76. The molecule has 0 spiro atoms. The second-order valence-electron chi connectivity index (χ2n) is 3.95. The summed E-state index contributed by atoms with van der Waals surface area (Å²) < 4.78 is 6.84. The molecule has 2 heterocycles. The van der Waals surface area contributed by atoms with Crippen LogP contribution in [0.25, 0.3) is 0 Å². The van der Waals surface area contributed by atoms with Crippen LogP contribution in [-0.2, 0) is 16.1 Å². The summed E-state index contributed by atoms with van der Waals surface area (Å²) in [6.45, 7) is 4.08. The number of nitrogen functional groups attached to an aromatic ring is 1. The minimum atomic E-state index is 0.0545. The molecule has 0 aliphatic carbocycles. The number of carbonyl (C=O) groups excluding carboxylic acids is 1. The Kier molecular flexibility index (Phi) is 3.09. The maximum atomic E-state index is 12.0. The van der Waals surface area contributed by atoms with E-state index >= 15 is 0 Å². The van der Waals surface area contributed by atoms with Crippen LogP contribution in [0.3, 0.4) is 0 Å². The topological polar surface area (TPSA) is 73.4 Å². The third kappa shape index (κ3) is 2.33. The van der Waals surface area contributed by atoms with E-state index in [1.165, 1.54) is 0 Å². The summed E-state index contributed by atoms with van der Waals surface area (Å²) in [6, 6.07) is 1.81. The Bertz CT molecular complexity index is 377. The van der Waals surface area contributed by atoms with Gasteiger partial charge in [-0.1, -0.05) is 0 Å². The molecule has 16 heavy (non-hydrogen) atoms. The Morgan fingerprint density at radius 3 is 3.19 bits per heavy atom. The summed E-state index contributed by atoms with van der Waals surface area (Å²) in [6.07, 6.45) is 1.71. The molecular weight excluding hydrogens is 208 g/mol. The van der Waals surface area contributed by atoms with E-state index in [9.17, 15) is 4.79 Å². The van der Waals surface area contributed by atoms with E-state index in [0.717, 1.165) is 0 Å². The first-order valence-corrected chi connectivity index (χ1v) is 5.33. The van der Waals surface area contributed by atoms with Gasteiger partial charge in [0.05, 0.1) is 19.3 Å². The Balaban J connectivity index is 1.96. The van der Waals surface area contributed by atoms with Crippen LogP contribution in [0.4, 0.5) is 5.82 Å². The van der Waals surface area contributed by atoms with E-state index in [1.54, 1.807) is 16.9 Å². The maximum Gasteiger partial charge on any atom is 0.244 e. The van der Waals surface area contributed by atoms with Gasteiger partial charge in [0.1, 0.15) is 12.4 Å². The first-order chi connectivity index (χ1) is 7.66. The molecule has 0 bridgehead atoms. The number of aromatic nitrogens is 2. The fourth-order valence-electron chi connectivity index (χ4n) is 1.79. The Morgan fingerprint density at radius 2 is 2.56 bits per heavy atom. The highest BCUT2D eigenvalue weighted by Crippen LogP contribution is 2.07. The molecule has 6 heteroatoms. The summed E-state index contributed by atoms with van der Waals surface area (Å²) in [5, 5.41) is 3.99. The molecule has 0 aromatic carbocycles. The van der Waals surface area contributed by atoms with Crippen LogP contribution in [0.2, 0.25) is 0 Å². The Morgan fingerprint density at radius 1 is 1.75 bits per heavy atom. The zero-order valence-corrected chi connectivity index (χ0v) is 9.30. The van der Waals surface area contributed by atoms with Crippen LogP contribution in [0.1, 0.15) is 6.92 Å². The average Bonchev–Trinajstić information content (AvgIpc) is 2.64. The SMILES string of the molecule is CC1COCCN1C(=O)Cn1ccc(N)n1. The van der Waals surface area contributed by atoms with Gasteiger partial charge >= 0.3 is 0 Å². The van der Waals surface area contributed by atoms with E-state index < -0.39 is 0 Å². The fraction of sp³-hybridized carbons (Fsp3) is 0.600. The molecule has 1 amide bonds. The van der Waals surface area contributed by atoms with Crippen molar-refractivity contribution in [1.29, 1.82) is 0 Å². The number of rotatable bonds is 2. The lowest BCUT2D eigenvalue weighted by molar-refractivity contribution is -0.139. The summed E-state index contributed by atoms with van der Waals surface area (Å²) >= 11 is 0. The van der Waals surface area contributed by atoms with Crippen molar-refractivity contribution < 1.29 is 9.53 Å². The van der Waals surface area contributed by atoms with Gasteiger partial charge in [0.2, 0.25) is 5.91 Å². The van der Waals surface area contributed by atoms with Crippen LogP contribution in [-0.4, -0.2) is 46.4 Å². The standard InChI is InChI=1S/C10H16N4O2/c1-8-7-16-5-4-14(8)10(15)6-13-3-2-9(11)12-13/h2-3,8H,4-7H2,1H3,(H2,11,12). The van der Waals surface area contributed by atoms with Crippen molar-refractivity contribution in [2.45, 2.75) is 19.5 Å². The zero-order valence-electron chi connectivity index (χ0n) is 9.30. The molecule has 1 aromatic rings. The van der Waals surface area contributed by atoms with E-state index in [0.29, 0.717) is 25.6 Å². The zero-order chi connectivity index (χ0) is 11.5. The Hall–Kier alpha value is -1.56. The lowest BCUT2D eigenvalue weighted by atomic mass is 10.2. The molecule has 1 unspecified atom stereocenters. The van der Waals surface area contributed by atoms with Gasteiger partial charge in [0.15, 0.2) is 0 Å². The number of ether oxygens (including phenoxy) is 1. The molecule has 1 aromatic heterocycles. The van der Waals surface area contributed by atoms with Gasteiger partial charge in [-0.2, -0.15) is 5.10 Å². The highest BCUT2D eigenvalue weighted by Gasteiger charge is 2.23. The monoisotopic (exact) mass is 224 g/mol. The molecule has 0 saturated carbocycles. The number of carbonyl (C=O) groups is 1. The van der Waals surface area contributed by atoms with Crippen LogP contribution in [0, 0.1) is 0 Å². The molecule has 0 radical (unpaired) electrons.